The van der Waals surface area contributed by atoms with Crippen molar-refractivity contribution in [1.29, 1.82) is 0 Å². The van der Waals surface area contributed by atoms with Gasteiger partial charge in [-0.25, -0.2) is 9.97 Å². The zero-order valence-electron chi connectivity index (χ0n) is 23.4. The maximum Gasteiger partial charge on any atom is 0.217 e. The van der Waals surface area contributed by atoms with E-state index in [2.05, 4.69) is 11.0 Å². The van der Waals surface area contributed by atoms with Crippen molar-refractivity contribution in [2.45, 2.75) is 56.5 Å². The van der Waals surface area contributed by atoms with Crippen LogP contribution >= 0.6 is 0 Å². The van der Waals surface area contributed by atoms with Crippen LogP contribution in [0.25, 0.3) is 10.9 Å². The van der Waals surface area contributed by atoms with Gasteiger partial charge in [-0.15, -0.1) is 0 Å². The van der Waals surface area contributed by atoms with Crippen molar-refractivity contribution in [1.82, 2.24) is 14.9 Å². The molecule has 2 unspecified atom stereocenters. The van der Waals surface area contributed by atoms with Gasteiger partial charge in [-0.3, -0.25) is 0 Å². The monoisotopic (exact) mass is 517 g/mol. The van der Waals surface area contributed by atoms with Crippen LogP contribution in [-0.2, 0) is 5.60 Å². The first-order valence-electron chi connectivity index (χ1n) is 13.5. The zero-order valence-corrected chi connectivity index (χ0v) is 23.4. The first-order valence-corrected chi connectivity index (χ1v) is 13.5. The highest BCUT2D eigenvalue weighted by molar-refractivity contribution is 6.33. The first-order chi connectivity index (χ1) is 18.3. The second-order valence-electron chi connectivity index (χ2n) is 10.7. The fourth-order valence-corrected chi connectivity index (χ4v) is 5.74. The Morgan fingerprint density at radius 3 is 2.42 bits per heavy atom. The molecule has 0 aliphatic heterocycles. The summed E-state index contributed by atoms with van der Waals surface area (Å²) < 4.78 is 16.9. The molecule has 0 spiro atoms. The number of rotatable bonds is 11. The molecule has 7 nitrogen and oxygen atoms in total. The third-order valence-corrected chi connectivity index (χ3v) is 7.87. The Hall–Kier alpha value is -2.84. The molecule has 1 aromatic carbocycles. The van der Waals surface area contributed by atoms with Crippen LogP contribution < -0.4 is 19.7 Å². The van der Waals surface area contributed by atoms with Crippen LogP contribution in [0.15, 0.2) is 36.4 Å². The quantitative estimate of drug-likeness (QED) is 0.379. The number of hydrogen-bond donors (Lipinski definition) is 1. The molecular formula is C30H40BN3O4. The standard InChI is InChI=1S/C30H40BN3O4/c1-34(2)14-13-30(35,27-18-23(36-3)19-28(33-27)37-4)25(15-20-9-7-6-8-10-20)24-17-21-16-22(31)11-12-26(21)32-29(24)38-5/h11-12,16-20,25,35H,6-10,13-15H2,1-5H3. The van der Waals surface area contributed by atoms with Gasteiger partial charge in [0, 0.05) is 35.5 Å². The molecule has 38 heavy (non-hydrogen) atoms. The zero-order chi connectivity index (χ0) is 27.3. The third-order valence-electron chi connectivity index (χ3n) is 7.87. The topological polar surface area (TPSA) is 76.9 Å². The molecule has 1 aliphatic carbocycles. The molecule has 1 fully saturated rings. The van der Waals surface area contributed by atoms with E-state index >= 15 is 0 Å². The van der Waals surface area contributed by atoms with Crippen LogP contribution in [0.2, 0.25) is 0 Å². The minimum absolute atomic E-state index is 0.330. The Morgan fingerprint density at radius 2 is 1.76 bits per heavy atom. The molecular weight excluding hydrogens is 477 g/mol. The van der Waals surface area contributed by atoms with E-state index in [0.29, 0.717) is 47.5 Å². The lowest BCUT2D eigenvalue weighted by atomic mass is 9.70. The van der Waals surface area contributed by atoms with E-state index in [1.165, 1.54) is 19.3 Å². The lowest BCUT2D eigenvalue weighted by Crippen LogP contribution is -2.39. The Labute approximate surface area is 227 Å². The predicted octanol–water partition coefficient (Wildman–Crippen LogP) is 4.34. The number of aliphatic hydroxyl groups is 1. The molecule has 2 heterocycles. The minimum Gasteiger partial charge on any atom is -0.496 e. The maximum absolute atomic E-state index is 12.9. The molecule has 1 N–H and O–H groups in total. The summed E-state index contributed by atoms with van der Waals surface area (Å²) in [5.74, 6) is 1.65. The van der Waals surface area contributed by atoms with Gasteiger partial charge in [-0.1, -0.05) is 49.7 Å². The summed E-state index contributed by atoms with van der Waals surface area (Å²) in [7, 11) is 15.0. The van der Waals surface area contributed by atoms with Crippen molar-refractivity contribution in [2.24, 2.45) is 5.92 Å². The molecule has 3 aromatic rings. The van der Waals surface area contributed by atoms with E-state index in [0.717, 1.165) is 35.7 Å². The van der Waals surface area contributed by atoms with Gasteiger partial charge in [0.2, 0.25) is 11.8 Å². The average molecular weight is 517 g/mol. The van der Waals surface area contributed by atoms with Crippen LogP contribution in [0.4, 0.5) is 0 Å². The number of fused-ring (bicyclic) bond motifs is 1. The average Bonchev–Trinajstić information content (AvgIpc) is 2.94. The van der Waals surface area contributed by atoms with E-state index < -0.39 is 5.60 Å². The third kappa shape index (κ3) is 6.24. The van der Waals surface area contributed by atoms with Crippen LogP contribution in [0.3, 0.4) is 0 Å². The lowest BCUT2D eigenvalue weighted by Gasteiger charge is -2.40. The second-order valence-corrected chi connectivity index (χ2v) is 10.7. The normalized spacial score (nSPS) is 16.8. The molecule has 2 atom stereocenters. The van der Waals surface area contributed by atoms with Crippen molar-refractivity contribution in [3.8, 4) is 17.5 Å². The Balaban J connectivity index is 1.94. The van der Waals surface area contributed by atoms with Crippen molar-refractivity contribution in [3.63, 3.8) is 0 Å². The molecule has 0 saturated heterocycles. The molecule has 2 radical (unpaired) electrons. The number of methoxy groups -OCH3 is 3. The Kier molecular flexibility index (Phi) is 9.16. The van der Waals surface area contributed by atoms with Crippen LogP contribution in [-0.4, -0.2) is 69.8 Å². The van der Waals surface area contributed by atoms with Gasteiger partial charge in [0.1, 0.15) is 19.2 Å². The first kappa shape index (κ1) is 28.2. The largest absolute Gasteiger partial charge is 0.496 e. The summed E-state index contributed by atoms with van der Waals surface area (Å²) >= 11 is 0. The van der Waals surface area contributed by atoms with Gasteiger partial charge < -0.3 is 24.2 Å². The molecule has 0 amide bonds. The molecule has 2 aromatic heterocycles. The number of hydrogen-bond acceptors (Lipinski definition) is 7. The maximum atomic E-state index is 12.9. The Bertz CT molecular complexity index is 1210. The molecule has 1 aliphatic rings. The summed E-state index contributed by atoms with van der Waals surface area (Å²) in [5, 5.41) is 13.8. The number of ether oxygens (including phenoxy) is 3. The molecule has 202 valence electrons. The van der Waals surface area contributed by atoms with E-state index in [9.17, 15) is 5.11 Å². The molecule has 8 heteroatoms. The van der Waals surface area contributed by atoms with E-state index in [1.54, 1.807) is 27.4 Å². The van der Waals surface area contributed by atoms with Gasteiger partial charge in [0.25, 0.3) is 0 Å². The lowest BCUT2D eigenvalue weighted by molar-refractivity contribution is -0.0210. The number of pyridine rings is 2. The van der Waals surface area contributed by atoms with Crippen LogP contribution in [0, 0.1) is 5.92 Å². The van der Waals surface area contributed by atoms with Gasteiger partial charge in [-0.05, 0) is 45.0 Å². The highest BCUT2D eigenvalue weighted by Crippen LogP contribution is 2.48. The number of nitrogens with zero attached hydrogens (tertiary/aromatic N) is 3. The molecule has 0 bridgehead atoms. The second kappa shape index (κ2) is 12.3. The summed E-state index contributed by atoms with van der Waals surface area (Å²) in [4.78, 5) is 11.7. The summed E-state index contributed by atoms with van der Waals surface area (Å²) in [6.07, 6.45) is 7.22. The van der Waals surface area contributed by atoms with Crippen LogP contribution in [0.1, 0.15) is 62.1 Å². The van der Waals surface area contributed by atoms with Crippen LogP contribution in [0.5, 0.6) is 17.5 Å². The highest BCUT2D eigenvalue weighted by atomic mass is 16.5. The summed E-state index contributed by atoms with van der Waals surface area (Å²) in [5.41, 5.74) is 1.51. The van der Waals surface area contributed by atoms with E-state index in [1.807, 2.05) is 38.4 Å². The number of benzene rings is 1. The van der Waals surface area contributed by atoms with E-state index in [4.69, 9.17) is 32.0 Å². The van der Waals surface area contributed by atoms with Crippen molar-refractivity contribution in [2.75, 3.05) is 42.0 Å². The van der Waals surface area contributed by atoms with Crippen molar-refractivity contribution >= 4 is 24.2 Å². The fraction of sp³-hybridized carbons (Fsp3) is 0.533. The predicted molar refractivity (Wildman–Crippen MR) is 152 cm³/mol. The van der Waals surface area contributed by atoms with Gasteiger partial charge in [0.15, 0.2) is 0 Å². The minimum atomic E-state index is -1.34. The summed E-state index contributed by atoms with van der Waals surface area (Å²) in [6, 6.07) is 11.3. The van der Waals surface area contributed by atoms with Gasteiger partial charge in [0.05, 0.1) is 32.5 Å². The van der Waals surface area contributed by atoms with Gasteiger partial charge in [-0.2, -0.15) is 0 Å². The molecule has 4 rings (SSSR count). The fourth-order valence-electron chi connectivity index (χ4n) is 5.74. The van der Waals surface area contributed by atoms with Gasteiger partial charge >= 0.3 is 0 Å². The summed E-state index contributed by atoms with van der Waals surface area (Å²) in [6.45, 7) is 0.662. The highest BCUT2D eigenvalue weighted by Gasteiger charge is 2.44. The SMILES string of the molecule is [B]c1ccc2nc(OC)c(C(CC3CCCCC3)C(O)(CCN(C)C)c3cc(OC)cc(OC)n3)cc2c1. The number of aromatic nitrogens is 2. The Morgan fingerprint density at radius 1 is 1.00 bits per heavy atom. The molecule has 1 saturated carbocycles. The van der Waals surface area contributed by atoms with Crippen molar-refractivity contribution < 1.29 is 19.3 Å². The van der Waals surface area contributed by atoms with E-state index in [-0.39, 0.29) is 5.92 Å². The smallest absolute Gasteiger partial charge is 0.217 e. The van der Waals surface area contributed by atoms with Crippen molar-refractivity contribution in [3.05, 3.63) is 47.7 Å².